The smallest absolute Gasteiger partial charge is 0.346 e. The SMILES string of the molecule is Cc1ccc(C2(c3ccc(C)cc3)c3cc(N(c4ccccc4)c4ccccc4)ccc3-c3sc(-c4ccc(-c5ccc(/C=C(\C#N)C(=O)O)o5)c5nsnc45)cc32)cc1. The number of nitrogens with zero attached hydrogens (tertiary/aromatic N) is 4. The number of carboxylic acids is 1. The number of hydrogen-bond acceptors (Lipinski definition) is 8. The van der Waals surface area contributed by atoms with E-state index in [9.17, 15) is 15.2 Å². The van der Waals surface area contributed by atoms with Gasteiger partial charge >= 0.3 is 5.97 Å². The van der Waals surface area contributed by atoms with E-state index < -0.39 is 17.0 Å². The number of benzene rings is 6. The van der Waals surface area contributed by atoms with Crippen molar-refractivity contribution in [3.05, 3.63) is 202 Å². The minimum Gasteiger partial charge on any atom is -0.477 e. The number of hydrogen-bond donors (Lipinski definition) is 1. The highest BCUT2D eigenvalue weighted by molar-refractivity contribution is 7.19. The molecule has 0 bridgehead atoms. The third-order valence-corrected chi connectivity index (χ3v) is 13.0. The maximum Gasteiger partial charge on any atom is 0.346 e. The molecule has 9 aromatic rings. The number of para-hydroxylation sites is 2. The normalized spacial score (nSPS) is 12.8. The average Bonchev–Trinajstić information content (AvgIpc) is 4.09. The molecular formula is C51H34N4O3S2. The molecule has 7 nitrogen and oxygen atoms in total. The zero-order valence-electron chi connectivity index (χ0n) is 32.5. The summed E-state index contributed by atoms with van der Waals surface area (Å²) in [5.74, 6) is -0.545. The van der Waals surface area contributed by atoms with Crippen LogP contribution in [0.5, 0.6) is 0 Å². The van der Waals surface area contributed by atoms with E-state index in [0.29, 0.717) is 11.3 Å². The van der Waals surface area contributed by atoms with Crippen LogP contribution in [0.15, 0.2) is 168 Å². The van der Waals surface area contributed by atoms with Crippen LogP contribution >= 0.6 is 23.1 Å². The molecule has 10 rings (SSSR count). The third kappa shape index (κ3) is 6.04. The number of thiophene rings is 1. The van der Waals surface area contributed by atoms with Crippen LogP contribution in [0.3, 0.4) is 0 Å². The number of rotatable bonds is 9. The molecule has 0 fully saturated rings. The van der Waals surface area contributed by atoms with Gasteiger partial charge in [0.25, 0.3) is 0 Å². The number of carboxylic acid groups (broad SMARTS) is 1. The van der Waals surface area contributed by atoms with Gasteiger partial charge < -0.3 is 14.4 Å². The van der Waals surface area contributed by atoms with Gasteiger partial charge in [0.15, 0.2) is 0 Å². The number of anilines is 3. The topological polar surface area (TPSA) is 103 Å². The van der Waals surface area contributed by atoms with Gasteiger partial charge in [0, 0.05) is 44.0 Å². The van der Waals surface area contributed by atoms with Crippen LogP contribution in [-0.4, -0.2) is 19.8 Å². The molecule has 0 saturated carbocycles. The maximum absolute atomic E-state index is 11.5. The first-order valence-corrected chi connectivity index (χ1v) is 20.9. The summed E-state index contributed by atoms with van der Waals surface area (Å²) in [6.45, 7) is 4.26. The van der Waals surface area contributed by atoms with E-state index in [1.165, 1.54) is 49.9 Å². The van der Waals surface area contributed by atoms with Crippen LogP contribution in [0.25, 0.3) is 49.3 Å². The summed E-state index contributed by atoms with van der Waals surface area (Å²) in [7, 11) is 0. The van der Waals surface area contributed by atoms with E-state index in [1.807, 2.05) is 6.07 Å². The van der Waals surface area contributed by atoms with E-state index in [0.717, 1.165) is 50.3 Å². The number of aliphatic carboxylic acids is 1. The molecule has 288 valence electrons. The monoisotopic (exact) mass is 814 g/mol. The summed E-state index contributed by atoms with van der Waals surface area (Å²) in [6.07, 6.45) is 1.22. The quantitative estimate of drug-likeness (QED) is 0.114. The Labute approximate surface area is 354 Å². The maximum atomic E-state index is 11.5. The fraction of sp³-hybridized carbons (Fsp3) is 0.0588. The fourth-order valence-electron chi connectivity index (χ4n) is 8.45. The second-order valence-electron chi connectivity index (χ2n) is 14.9. The summed E-state index contributed by atoms with van der Waals surface area (Å²) >= 11 is 2.90. The molecule has 0 radical (unpaired) electrons. The largest absolute Gasteiger partial charge is 0.477 e. The number of fused-ring (bicyclic) bond motifs is 4. The van der Waals surface area contributed by atoms with Crippen LogP contribution in [0.2, 0.25) is 0 Å². The third-order valence-electron chi connectivity index (χ3n) is 11.3. The molecule has 0 saturated heterocycles. The number of aryl methyl sites for hydroxylation is 2. The van der Waals surface area contributed by atoms with E-state index in [4.69, 9.17) is 13.2 Å². The zero-order chi connectivity index (χ0) is 41.0. The molecule has 1 aliphatic carbocycles. The van der Waals surface area contributed by atoms with Gasteiger partial charge in [-0.1, -0.05) is 108 Å². The van der Waals surface area contributed by atoms with Crippen LogP contribution in [-0.2, 0) is 10.2 Å². The minimum atomic E-state index is -1.31. The Balaban J connectivity index is 1.18. The van der Waals surface area contributed by atoms with Crippen molar-refractivity contribution in [3.8, 4) is 38.3 Å². The number of nitriles is 1. The zero-order valence-corrected chi connectivity index (χ0v) is 34.1. The second-order valence-corrected chi connectivity index (χ2v) is 16.5. The molecule has 3 heterocycles. The lowest BCUT2D eigenvalue weighted by molar-refractivity contribution is -0.132. The molecular weight excluding hydrogens is 781 g/mol. The Bertz CT molecular complexity index is 3070. The van der Waals surface area contributed by atoms with E-state index >= 15 is 0 Å². The molecule has 60 heavy (non-hydrogen) atoms. The highest BCUT2D eigenvalue weighted by Crippen LogP contribution is 2.61. The van der Waals surface area contributed by atoms with Crippen molar-refractivity contribution in [3.63, 3.8) is 0 Å². The molecule has 0 amide bonds. The Hall–Kier alpha value is -7.38. The number of carbonyl (C=O) groups is 1. The predicted molar refractivity (Wildman–Crippen MR) is 241 cm³/mol. The van der Waals surface area contributed by atoms with Crippen molar-refractivity contribution in [1.29, 1.82) is 5.26 Å². The molecule has 6 aromatic carbocycles. The van der Waals surface area contributed by atoms with Crippen LogP contribution in [0.1, 0.15) is 39.1 Å². The van der Waals surface area contributed by atoms with Crippen molar-refractivity contribution in [2.45, 2.75) is 19.3 Å². The highest BCUT2D eigenvalue weighted by Gasteiger charge is 2.48. The lowest BCUT2D eigenvalue weighted by Crippen LogP contribution is -2.28. The Morgan fingerprint density at radius 1 is 0.683 bits per heavy atom. The lowest BCUT2D eigenvalue weighted by Gasteiger charge is -2.34. The first-order valence-electron chi connectivity index (χ1n) is 19.4. The molecule has 1 aliphatic rings. The van der Waals surface area contributed by atoms with Crippen LogP contribution in [0.4, 0.5) is 17.1 Å². The van der Waals surface area contributed by atoms with Gasteiger partial charge in [-0.3, -0.25) is 0 Å². The van der Waals surface area contributed by atoms with Crippen LogP contribution in [0, 0.1) is 25.2 Å². The first-order chi connectivity index (χ1) is 29.3. The Kier molecular flexibility index (Phi) is 9.09. The van der Waals surface area contributed by atoms with Crippen molar-refractivity contribution in [2.75, 3.05) is 4.90 Å². The Morgan fingerprint density at radius 3 is 1.87 bits per heavy atom. The van der Waals surface area contributed by atoms with E-state index in [2.05, 4.69) is 158 Å². The van der Waals surface area contributed by atoms with Gasteiger partial charge in [0.05, 0.1) is 17.1 Å². The predicted octanol–water partition coefficient (Wildman–Crippen LogP) is 13.1. The summed E-state index contributed by atoms with van der Waals surface area (Å²) in [5.41, 5.74) is 13.7. The first kappa shape index (κ1) is 36.9. The molecule has 0 spiro atoms. The molecule has 3 aromatic heterocycles. The summed E-state index contributed by atoms with van der Waals surface area (Å²) in [6, 6.07) is 57.5. The molecule has 0 aliphatic heterocycles. The van der Waals surface area contributed by atoms with Gasteiger partial charge in [0.2, 0.25) is 0 Å². The Morgan fingerprint density at radius 2 is 1.27 bits per heavy atom. The molecule has 0 atom stereocenters. The minimum absolute atomic E-state index is 0.264. The van der Waals surface area contributed by atoms with Gasteiger partial charge in [-0.25, -0.2) is 4.79 Å². The summed E-state index contributed by atoms with van der Waals surface area (Å²) in [5, 5.41) is 18.6. The standard InChI is InChI=1S/C51H34N4O3S2/c1-31-13-17-34(18-14-31)51(35-19-15-32(2)16-20-35)43-28-38(55(36-9-5-3-6-10-36)37-11-7-4-8-12-37)21-23-40(43)49-44(51)29-46(59-49)42-25-24-41(47-48(42)54-60-53-47)45-26-22-39(58-45)27-33(30-52)50(56)57/h3-29H,1-2H3,(H,56,57)/b33-27+. The van der Waals surface area contributed by atoms with Crippen LogP contribution < -0.4 is 4.90 Å². The van der Waals surface area contributed by atoms with E-state index in [1.54, 1.807) is 29.5 Å². The van der Waals surface area contributed by atoms with Crippen molar-refractivity contribution >= 4 is 63.2 Å². The molecule has 1 N–H and O–H groups in total. The van der Waals surface area contributed by atoms with E-state index in [-0.39, 0.29) is 5.76 Å². The van der Waals surface area contributed by atoms with Crippen molar-refractivity contribution in [2.24, 2.45) is 0 Å². The molecule has 0 unspecified atom stereocenters. The second kappa shape index (κ2) is 14.8. The highest BCUT2D eigenvalue weighted by atomic mass is 32.1. The fourth-order valence-corrected chi connectivity index (χ4v) is 10.3. The average molecular weight is 815 g/mol. The van der Waals surface area contributed by atoms with Gasteiger partial charge in [-0.15, -0.1) is 11.3 Å². The van der Waals surface area contributed by atoms with Crippen molar-refractivity contribution in [1.82, 2.24) is 8.75 Å². The lowest BCUT2D eigenvalue weighted by atomic mass is 9.67. The number of furan rings is 1. The van der Waals surface area contributed by atoms with Gasteiger partial charge in [-0.2, -0.15) is 14.0 Å². The van der Waals surface area contributed by atoms with Gasteiger partial charge in [0.1, 0.15) is 34.2 Å². The number of aromatic nitrogens is 2. The van der Waals surface area contributed by atoms with Gasteiger partial charge in [-0.05, 0) is 102 Å². The molecule has 9 heteroatoms. The summed E-state index contributed by atoms with van der Waals surface area (Å²) in [4.78, 5) is 16.1. The summed E-state index contributed by atoms with van der Waals surface area (Å²) < 4.78 is 15.6. The van der Waals surface area contributed by atoms with Crippen molar-refractivity contribution < 1.29 is 14.3 Å².